The number of halogens is 2. The maximum atomic E-state index is 11.5. The fourth-order valence-electron chi connectivity index (χ4n) is 1.70. The lowest BCUT2D eigenvalue weighted by Gasteiger charge is -2.11. The number of aryl methyl sites for hydroxylation is 1. The van der Waals surface area contributed by atoms with Gasteiger partial charge in [-0.05, 0) is 25.1 Å². The molecule has 0 saturated heterocycles. The van der Waals surface area contributed by atoms with Gasteiger partial charge in [-0.2, -0.15) is 0 Å². The van der Waals surface area contributed by atoms with Crippen molar-refractivity contribution in [3.8, 4) is 5.75 Å². The van der Waals surface area contributed by atoms with Gasteiger partial charge in [0.25, 0.3) is 9.05 Å². The molecule has 8 heteroatoms. The second-order valence-electron chi connectivity index (χ2n) is 3.99. The summed E-state index contributed by atoms with van der Waals surface area (Å²) in [6, 6.07) is 4.28. The highest BCUT2D eigenvalue weighted by Crippen LogP contribution is 2.30. The fraction of sp³-hybridized carbons (Fsp3) is 0.250. The quantitative estimate of drug-likeness (QED) is 0.788. The Bertz CT molecular complexity index is 713. The lowest BCUT2D eigenvalue weighted by atomic mass is 10.3. The van der Waals surface area contributed by atoms with E-state index < -0.39 is 9.05 Å². The van der Waals surface area contributed by atoms with Crippen molar-refractivity contribution in [2.24, 2.45) is 0 Å². The van der Waals surface area contributed by atoms with E-state index in [1.807, 2.05) is 11.5 Å². The van der Waals surface area contributed by atoms with E-state index in [2.05, 4.69) is 4.98 Å². The number of ether oxygens (including phenoxy) is 1. The molecule has 1 aromatic carbocycles. The molecule has 2 rings (SSSR count). The zero-order chi connectivity index (χ0) is 14.8. The molecule has 0 fully saturated rings. The number of imidazole rings is 1. The van der Waals surface area contributed by atoms with E-state index in [-0.39, 0.29) is 22.3 Å². The van der Waals surface area contributed by atoms with Crippen molar-refractivity contribution in [3.05, 3.63) is 41.4 Å². The predicted molar refractivity (Wildman–Crippen MR) is 76.7 cm³/mol. The molecule has 1 aromatic heterocycles. The maximum Gasteiger partial charge on any atom is 0.265 e. The van der Waals surface area contributed by atoms with Crippen molar-refractivity contribution in [1.29, 1.82) is 0 Å². The van der Waals surface area contributed by atoms with Crippen molar-refractivity contribution in [3.63, 3.8) is 0 Å². The van der Waals surface area contributed by atoms with Crippen LogP contribution in [0.2, 0.25) is 5.02 Å². The first-order valence-electron chi connectivity index (χ1n) is 5.78. The molecule has 0 amide bonds. The molecule has 0 unspecified atom stereocenters. The summed E-state index contributed by atoms with van der Waals surface area (Å²) >= 11 is 5.78. The zero-order valence-electron chi connectivity index (χ0n) is 10.6. The lowest BCUT2D eigenvalue weighted by molar-refractivity contribution is 0.288. The van der Waals surface area contributed by atoms with Gasteiger partial charge in [-0.15, -0.1) is 0 Å². The van der Waals surface area contributed by atoms with E-state index in [1.54, 1.807) is 18.6 Å². The average molecular weight is 335 g/mol. The smallest absolute Gasteiger partial charge is 0.265 e. The minimum atomic E-state index is -3.92. The van der Waals surface area contributed by atoms with Gasteiger partial charge in [-0.3, -0.25) is 0 Å². The van der Waals surface area contributed by atoms with E-state index in [1.165, 1.54) is 12.1 Å². The highest BCUT2D eigenvalue weighted by Gasteiger charge is 2.18. The van der Waals surface area contributed by atoms with Crippen LogP contribution in [-0.2, 0) is 22.2 Å². The lowest BCUT2D eigenvalue weighted by Crippen LogP contribution is -2.05. The van der Waals surface area contributed by atoms with Gasteiger partial charge in [0.15, 0.2) is 0 Å². The van der Waals surface area contributed by atoms with Crippen molar-refractivity contribution >= 4 is 31.3 Å². The maximum absolute atomic E-state index is 11.5. The molecule has 0 aliphatic heterocycles. The van der Waals surface area contributed by atoms with E-state index in [9.17, 15) is 8.42 Å². The number of aromatic nitrogens is 2. The van der Waals surface area contributed by atoms with Gasteiger partial charge in [-0.1, -0.05) is 11.6 Å². The fourth-order valence-corrected chi connectivity index (χ4v) is 2.93. The highest BCUT2D eigenvalue weighted by atomic mass is 35.7. The number of hydrogen-bond donors (Lipinski definition) is 0. The van der Waals surface area contributed by atoms with Crippen LogP contribution in [0.25, 0.3) is 0 Å². The molecule has 20 heavy (non-hydrogen) atoms. The molecule has 5 nitrogen and oxygen atoms in total. The van der Waals surface area contributed by atoms with Crippen LogP contribution in [0.1, 0.15) is 12.6 Å². The first-order valence-corrected chi connectivity index (χ1v) is 8.46. The Balaban J connectivity index is 2.26. The molecule has 108 valence electrons. The van der Waals surface area contributed by atoms with Crippen LogP contribution in [0.15, 0.2) is 35.6 Å². The molecule has 1 heterocycles. The summed E-state index contributed by atoms with van der Waals surface area (Å²) < 4.78 is 30.4. The molecule has 0 saturated carbocycles. The largest absolute Gasteiger partial charge is 0.486 e. The topological polar surface area (TPSA) is 61.2 Å². The molecule has 2 aromatic rings. The second kappa shape index (κ2) is 6.03. The first kappa shape index (κ1) is 15.2. The van der Waals surface area contributed by atoms with Gasteiger partial charge in [0.1, 0.15) is 17.3 Å². The molecular formula is C12H12Cl2N2O3S. The Kier molecular flexibility index (Phi) is 4.57. The van der Waals surface area contributed by atoms with Crippen LogP contribution >= 0.6 is 22.3 Å². The summed E-state index contributed by atoms with van der Waals surface area (Å²) in [6.07, 6.45) is 3.34. The van der Waals surface area contributed by atoms with Gasteiger partial charge in [0.2, 0.25) is 0 Å². The number of rotatable bonds is 5. The molecule has 0 N–H and O–H groups in total. The third kappa shape index (κ3) is 3.45. The average Bonchev–Trinajstić information content (AvgIpc) is 2.83. The molecule has 0 radical (unpaired) electrons. The van der Waals surface area contributed by atoms with Gasteiger partial charge >= 0.3 is 0 Å². The molecule has 0 spiro atoms. The van der Waals surface area contributed by atoms with Crippen LogP contribution in [0, 0.1) is 0 Å². The number of hydrogen-bond acceptors (Lipinski definition) is 4. The SMILES string of the molecule is CCn1cncc1COc1ccc(Cl)cc1S(=O)(=O)Cl. The molecule has 0 aliphatic carbocycles. The summed E-state index contributed by atoms with van der Waals surface area (Å²) in [5.74, 6) is 0.160. The van der Waals surface area contributed by atoms with E-state index in [0.29, 0.717) is 0 Å². The monoisotopic (exact) mass is 334 g/mol. The van der Waals surface area contributed by atoms with Crippen LogP contribution < -0.4 is 4.74 Å². The third-order valence-corrected chi connectivity index (χ3v) is 4.26. The van der Waals surface area contributed by atoms with Crippen molar-refractivity contribution in [1.82, 2.24) is 9.55 Å². The molecular weight excluding hydrogens is 323 g/mol. The van der Waals surface area contributed by atoms with Gasteiger partial charge in [0.05, 0.1) is 18.2 Å². The molecule has 0 bridgehead atoms. The Morgan fingerprint density at radius 3 is 2.80 bits per heavy atom. The van der Waals surface area contributed by atoms with Crippen LogP contribution in [0.4, 0.5) is 0 Å². The van der Waals surface area contributed by atoms with E-state index in [4.69, 9.17) is 27.0 Å². The minimum Gasteiger partial charge on any atom is -0.486 e. The normalized spacial score (nSPS) is 11.6. The predicted octanol–water partition coefficient (Wildman–Crippen LogP) is 3.06. The van der Waals surface area contributed by atoms with Gasteiger partial charge in [-0.25, -0.2) is 13.4 Å². The van der Waals surface area contributed by atoms with E-state index >= 15 is 0 Å². The van der Waals surface area contributed by atoms with Gasteiger partial charge < -0.3 is 9.30 Å². The summed E-state index contributed by atoms with van der Waals surface area (Å²) in [6.45, 7) is 2.91. The van der Waals surface area contributed by atoms with Crippen LogP contribution in [0.5, 0.6) is 5.75 Å². The summed E-state index contributed by atoms with van der Waals surface area (Å²) in [4.78, 5) is 3.86. The van der Waals surface area contributed by atoms with Crippen LogP contribution in [0.3, 0.4) is 0 Å². The summed E-state index contributed by atoms with van der Waals surface area (Å²) in [5.41, 5.74) is 0.834. The Morgan fingerprint density at radius 1 is 1.40 bits per heavy atom. The minimum absolute atomic E-state index is 0.144. The zero-order valence-corrected chi connectivity index (χ0v) is 12.9. The second-order valence-corrected chi connectivity index (χ2v) is 6.96. The Morgan fingerprint density at radius 2 is 2.15 bits per heavy atom. The number of benzene rings is 1. The van der Waals surface area contributed by atoms with E-state index in [0.717, 1.165) is 12.2 Å². The van der Waals surface area contributed by atoms with Crippen LogP contribution in [-0.4, -0.2) is 18.0 Å². The Hall–Kier alpha value is -1.24. The van der Waals surface area contributed by atoms with Crippen molar-refractivity contribution in [2.45, 2.75) is 25.0 Å². The third-order valence-electron chi connectivity index (χ3n) is 2.68. The van der Waals surface area contributed by atoms with Gasteiger partial charge in [0, 0.05) is 22.2 Å². The number of nitrogens with zero attached hydrogens (tertiary/aromatic N) is 2. The first-order chi connectivity index (χ1) is 9.41. The van der Waals surface area contributed by atoms with Crippen molar-refractivity contribution in [2.75, 3.05) is 0 Å². The van der Waals surface area contributed by atoms with Crippen molar-refractivity contribution < 1.29 is 13.2 Å². The summed E-state index contributed by atoms with van der Waals surface area (Å²) in [7, 11) is 1.45. The highest BCUT2D eigenvalue weighted by molar-refractivity contribution is 8.13. The molecule has 0 aliphatic rings. The molecule has 0 atom stereocenters. The Labute approximate surface area is 126 Å². The summed E-state index contributed by atoms with van der Waals surface area (Å²) in [5, 5.41) is 0.273. The standard InChI is InChI=1S/C12H12Cl2N2O3S/c1-2-16-8-15-6-10(16)7-19-11-4-3-9(13)5-12(11)20(14,17)18/h3-6,8H,2,7H2,1H3.